The molecule has 1 aliphatic heterocycles. The molecule has 0 bridgehead atoms. The lowest BCUT2D eigenvalue weighted by Gasteiger charge is -2.16. The summed E-state index contributed by atoms with van der Waals surface area (Å²) in [5, 5.41) is 4.04. The predicted molar refractivity (Wildman–Crippen MR) is 103 cm³/mol. The van der Waals surface area contributed by atoms with Crippen molar-refractivity contribution in [3.8, 4) is 17.1 Å². The number of likely N-dealkylation sites (tertiary alicyclic amines) is 1. The molecule has 3 heterocycles. The molecule has 7 heteroatoms. The van der Waals surface area contributed by atoms with Gasteiger partial charge in [0.05, 0.1) is 12.0 Å². The molecule has 1 fully saturated rings. The maximum Gasteiger partial charge on any atom is 0.232 e. The number of amides is 1. The van der Waals surface area contributed by atoms with Crippen LogP contribution in [0.1, 0.15) is 37.6 Å². The van der Waals surface area contributed by atoms with Gasteiger partial charge in [-0.15, -0.1) is 0 Å². The van der Waals surface area contributed by atoms with Crippen molar-refractivity contribution >= 4 is 5.91 Å². The van der Waals surface area contributed by atoms with E-state index in [1.54, 1.807) is 12.4 Å². The van der Waals surface area contributed by atoms with Crippen molar-refractivity contribution in [1.29, 1.82) is 0 Å². The van der Waals surface area contributed by atoms with Gasteiger partial charge in [0, 0.05) is 37.5 Å². The quantitative estimate of drug-likeness (QED) is 0.654. The summed E-state index contributed by atoms with van der Waals surface area (Å²) in [4.78, 5) is 22.8. The highest BCUT2D eigenvalue weighted by molar-refractivity contribution is 5.79. The number of hydrogen-bond donors (Lipinski definition) is 0. The summed E-state index contributed by atoms with van der Waals surface area (Å²) < 4.78 is 11.1. The van der Waals surface area contributed by atoms with Gasteiger partial charge in [0.1, 0.15) is 5.75 Å². The van der Waals surface area contributed by atoms with Gasteiger partial charge in [-0.1, -0.05) is 17.3 Å². The Balaban J connectivity index is 1.41. The van der Waals surface area contributed by atoms with Crippen LogP contribution < -0.4 is 4.74 Å². The summed E-state index contributed by atoms with van der Waals surface area (Å²) in [6, 6.07) is 11.5. The zero-order chi connectivity index (χ0) is 19.5. The number of ether oxygens (including phenoxy) is 1. The summed E-state index contributed by atoms with van der Waals surface area (Å²) in [5.74, 6) is 1.86. The summed E-state index contributed by atoms with van der Waals surface area (Å²) in [6.07, 6.45) is 3.89. The molecule has 0 N–H and O–H groups in total. The van der Waals surface area contributed by atoms with E-state index < -0.39 is 0 Å². The molecule has 1 aliphatic rings. The summed E-state index contributed by atoms with van der Waals surface area (Å²) in [5.41, 5.74) is 1.91. The first-order chi connectivity index (χ1) is 13.6. The summed E-state index contributed by atoms with van der Waals surface area (Å²) >= 11 is 0. The number of hydrogen-bond acceptors (Lipinski definition) is 6. The summed E-state index contributed by atoms with van der Waals surface area (Å²) in [7, 11) is 0. The van der Waals surface area contributed by atoms with Crippen molar-refractivity contribution in [3.63, 3.8) is 0 Å². The Hall–Kier alpha value is -3.22. The molecule has 0 saturated carbocycles. The highest BCUT2D eigenvalue weighted by Gasteiger charge is 2.34. The number of carbonyl (C=O) groups is 1. The smallest absolute Gasteiger partial charge is 0.232 e. The second-order valence-corrected chi connectivity index (χ2v) is 7.18. The standard InChI is InChI=1S/C21H22N4O3/c1-14(2)27-18-5-3-15(4-6-18)12-25-13-17(11-19(25)26)21-23-20(24-28-21)16-7-9-22-10-8-16/h3-10,14,17H,11-13H2,1-2H3. The third-order valence-electron chi connectivity index (χ3n) is 4.61. The third kappa shape index (κ3) is 4.03. The lowest BCUT2D eigenvalue weighted by atomic mass is 10.1. The van der Waals surface area contributed by atoms with Crippen molar-refractivity contribution in [2.75, 3.05) is 6.54 Å². The highest BCUT2D eigenvalue weighted by Crippen LogP contribution is 2.29. The molecule has 3 aromatic rings. The lowest BCUT2D eigenvalue weighted by molar-refractivity contribution is -0.128. The maximum absolute atomic E-state index is 12.5. The second-order valence-electron chi connectivity index (χ2n) is 7.18. The lowest BCUT2D eigenvalue weighted by Crippen LogP contribution is -2.24. The van der Waals surface area contributed by atoms with Crippen LogP contribution in [-0.4, -0.2) is 38.6 Å². The van der Waals surface area contributed by atoms with Crippen LogP contribution >= 0.6 is 0 Å². The third-order valence-corrected chi connectivity index (χ3v) is 4.61. The van der Waals surface area contributed by atoms with Gasteiger partial charge >= 0.3 is 0 Å². The van der Waals surface area contributed by atoms with E-state index in [1.807, 2.05) is 55.1 Å². The van der Waals surface area contributed by atoms with E-state index in [2.05, 4.69) is 15.1 Å². The van der Waals surface area contributed by atoms with E-state index in [0.29, 0.717) is 31.2 Å². The van der Waals surface area contributed by atoms with E-state index in [0.717, 1.165) is 16.9 Å². The molecular formula is C21H22N4O3. The Morgan fingerprint density at radius 1 is 1.18 bits per heavy atom. The minimum Gasteiger partial charge on any atom is -0.491 e. The molecule has 7 nitrogen and oxygen atoms in total. The molecule has 28 heavy (non-hydrogen) atoms. The minimum atomic E-state index is -0.0841. The molecule has 0 radical (unpaired) electrons. The molecule has 1 atom stereocenters. The zero-order valence-corrected chi connectivity index (χ0v) is 15.9. The van der Waals surface area contributed by atoms with Crippen LogP contribution in [0.25, 0.3) is 11.4 Å². The first-order valence-corrected chi connectivity index (χ1v) is 9.36. The van der Waals surface area contributed by atoms with E-state index >= 15 is 0 Å². The van der Waals surface area contributed by atoms with Crippen LogP contribution in [0, 0.1) is 0 Å². The molecule has 1 saturated heterocycles. The topological polar surface area (TPSA) is 81.3 Å². The van der Waals surface area contributed by atoms with Crippen LogP contribution in [0.4, 0.5) is 0 Å². The molecular weight excluding hydrogens is 356 g/mol. The van der Waals surface area contributed by atoms with Crippen molar-refractivity contribution < 1.29 is 14.1 Å². The Labute approximate surface area is 163 Å². The molecule has 2 aromatic heterocycles. The fourth-order valence-corrected chi connectivity index (χ4v) is 3.28. The predicted octanol–water partition coefficient (Wildman–Crippen LogP) is 3.43. The second kappa shape index (κ2) is 7.80. The van der Waals surface area contributed by atoms with Gasteiger partial charge in [-0.05, 0) is 43.7 Å². The van der Waals surface area contributed by atoms with E-state index in [4.69, 9.17) is 9.26 Å². The Morgan fingerprint density at radius 3 is 2.64 bits per heavy atom. The van der Waals surface area contributed by atoms with Crippen LogP contribution in [0.5, 0.6) is 5.75 Å². The van der Waals surface area contributed by atoms with Crippen molar-refractivity contribution in [1.82, 2.24) is 20.0 Å². The summed E-state index contributed by atoms with van der Waals surface area (Å²) in [6.45, 7) is 5.12. The van der Waals surface area contributed by atoms with Crippen LogP contribution in [0.15, 0.2) is 53.3 Å². The van der Waals surface area contributed by atoms with Crippen molar-refractivity contribution in [2.45, 2.75) is 38.8 Å². The number of carbonyl (C=O) groups excluding carboxylic acids is 1. The van der Waals surface area contributed by atoms with Gasteiger partial charge in [-0.3, -0.25) is 9.78 Å². The number of pyridine rings is 1. The number of nitrogens with zero attached hydrogens (tertiary/aromatic N) is 4. The van der Waals surface area contributed by atoms with Gasteiger partial charge in [0.2, 0.25) is 17.6 Å². The average Bonchev–Trinajstić information content (AvgIpc) is 3.31. The molecule has 1 unspecified atom stereocenters. The molecule has 4 rings (SSSR count). The molecule has 0 aliphatic carbocycles. The van der Waals surface area contributed by atoms with Crippen molar-refractivity contribution in [3.05, 3.63) is 60.2 Å². The first kappa shape index (κ1) is 18.2. The van der Waals surface area contributed by atoms with E-state index in [-0.39, 0.29) is 17.9 Å². The zero-order valence-electron chi connectivity index (χ0n) is 15.9. The number of benzene rings is 1. The highest BCUT2D eigenvalue weighted by atomic mass is 16.5. The Kier molecular flexibility index (Phi) is 5.06. The first-order valence-electron chi connectivity index (χ1n) is 9.36. The molecule has 1 amide bonds. The largest absolute Gasteiger partial charge is 0.491 e. The molecule has 1 aromatic carbocycles. The van der Waals surface area contributed by atoms with Gasteiger partial charge in [-0.25, -0.2) is 0 Å². The van der Waals surface area contributed by atoms with Crippen LogP contribution in [-0.2, 0) is 11.3 Å². The number of rotatable bonds is 6. The molecule has 144 valence electrons. The Morgan fingerprint density at radius 2 is 1.93 bits per heavy atom. The van der Waals surface area contributed by atoms with Crippen molar-refractivity contribution in [2.24, 2.45) is 0 Å². The average molecular weight is 378 g/mol. The monoisotopic (exact) mass is 378 g/mol. The Bertz CT molecular complexity index is 938. The van der Waals surface area contributed by atoms with Gasteiger partial charge in [0.15, 0.2) is 0 Å². The normalized spacial score (nSPS) is 16.8. The SMILES string of the molecule is CC(C)Oc1ccc(CN2CC(c3nc(-c4ccncc4)no3)CC2=O)cc1. The maximum atomic E-state index is 12.5. The van der Waals surface area contributed by atoms with Gasteiger partial charge < -0.3 is 14.2 Å². The minimum absolute atomic E-state index is 0.0841. The van der Waals surface area contributed by atoms with Gasteiger partial charge in [-0.2, -0.15) is 4.98 Å². The van der Waals surface area contributed by atoms with E-state index in [9.17, 15) is 4.79 Å². The van der Waals surface area contributed by atoms with Crippen LogP contribution in [0.2, 0.25) is 0 Å². The fraction of sp³-hybridized carbons (Fsp3) is 0.333. The fourth-order valence-electron chi connectivity index (χ4n) is 3.28. The van der Waals surface area contributed by atoms with Crippen LogP contribution in [0.3, 0.4) is 0 Å². The van der Waals surface area contributed by atoms with Gasteiger partial charge in [0.25, 0.3) is 0 Å². The number of aromatic nitrogens is 3. The molecule has 0 spiro atoms. The van der Waals surface area contributed by atoms with E-state index in [1.165, 1.54) is 0 Å².